The van der Waals surface area contributed by atoms with Crippen molar-refractivity contribution in [1.29, 1.82) is 0 Å². The highest BCUT2D eigenvalue weighted by molar-refractivity contribution is 5.94. The number of aromatic nitrogens is 2. The van der Waals surface area contributed by atoms with Crippen molar-refractivity contribution in [3.05, 3.63) is 48.0 Å². The van der Waals surface area contributed by atoms with E-state index in [1.54, 1.807) is 0 Å². The number of nitrogens with zero attached hydrogens (tertiary/aromatic N) is 1. The molecule has 0 saturated heterocycles. The molecule has 16 nitrogen and oxygen atoms in total. The number of aromatic hydroxyl groups is 1. The van der Waals surface area contributed by atoms with Crippen LogP contribution in [0.1, 0.15) is 36.9 Å². The van der Waals surface area contributed by atoms with Crippen molar-refractivity contribution in [3.8, 4) is 5.75 Å². The summed E-state index contributed by atoms with van der Waals surface area (Å²) in [7, 11) is 0. The molecule has 4 unspecified atom stereocenters. The molecule has 222 valence electrons. The molecule has 0 fully saturated rings. The monoisotopic (exact) mass is 575 g/mol. The molecule has 0 radical (unpaired) electrons. The van der Waals surface area contributed by atoms with Crippen LogP contribution in [0.5, 0.6) is 5.75 Å². The number of carbonyl (C=O) groups is 6. The number of carbonyl (C=O) groups excluding carboxylic acids is 4. The van der Waals surface area contributed by atoms with Crippen LogP contribution < -0.4 is 27.4 Å². The van der Waals surface area contributed by atoms with E-state index in [0.717, 1.165) is 0 Å². The third-order valence-electron chi connectivity index (χ3n) is 5.92. The maximum atomic E-state index is 13.2. The highest BCUT2D eigenvalue weighted by Gasteiger charge is 2.31. The molecule has 4 amide bonds. The lowest BCUT2D eigenvalue weighted by atomic mass is 10.0. The quantitative estimate of drug-likeness (QED) is 0.0984. The molecule has 1 heterocycles. The molecule has 11 N–H and O–H groups in total. The lowest BCUT2D eigenvalue weighted by Crippen LogP contribution is -2.58. The number of H-pyrrole nitrogens is 1. The number of amides is 4. The molecule has 0 saturated carbocycles. The minimum Gasteiger partial charge on any atom is -0.508 e. The molecule has 4 atom stereocenters. The number of primary amides is 1. The van der Waals surface area contributed by atoms with Gasteiger partial charge in [-0.1, -0.05) is 12.1 Å². The average molecular weight is 576 g/mol. The predicted octanol–water partition coefficient (Wildman–Crippen LogP) is -2.10. The third-order valence-corrected chi connectivity index (χ3v) is 5.92. The van der Waals surface area contributed by atoms with Gasteiger partial charge in [0.15, 0.2) is 0 Å². The van der Waals surface area contributed by atoms with Crippen molar-refractivity contribution in [2.75, 3.05) is 0 Å². The number of rotatable bonds is 17. The fourth-order valence-electron chi connectivity index (χ4n) is 3.68. The number of imidazole rings is 1. The van der Waals surface area contributed by atoms with E-state index in [9.17, 15) is 39.0 Å². The number of hydrogen-bond donors (Lipinski definition) is 9. The predicted molar refractivity (Wildman–Crippen MR) is 141 cm³/mol. The van der Waals surface area contributed by atoms with Gasteiger partial charge in [-0.2, -0.15) is 0 Å². The lowest BCUT2D eigenvalue weighted by Gasteiger charge is -2.25. The number of hydrogen-bond acceptors (Lipinski definition) is 9. The van der Waals surface area contributed by atoms with Crippen LogP contribution in [0, 0.1) is 0 Å². The summed E-state index contributed by atoms with van der Waals surface area (Å²) in [4.78, 5) is 79.6. The van der Waals surface area contributed by atoms with Gasteiger partial charge in [-0.05, 0) is 30.5 Å². The van der Waals surface area contributed by atoms with Crippen molar-refractivity contribution in [1.82, 2.24) is 25.9 Å². The van der Waals surface area contributed by atoms with Gasteiger partial charge in [0.05, 0.1) is 12.4 Å². The van der Waals surface area contributed by atoms with Gasteiger partial charge in [0.25, 0.3) is 0 Å². The molecule has 0 aliphatic rings. The van der Waals surface area contributed by atoms with Crippen LogP contribution in [-0.4, -0.2) is 85.0 Å². The summed E-state index contributed by atoms with van der Waals surface area (Å²) < 4.78 is 0. The lowest BCUT2D eigenvalue weighted by molar-refractivity contribution is -0.142. The number of aromatic amines is 1. The minimum absolute atomic E-state index is 0.0205. The van der Waals surface area contributed by atoms with Crippen molar-refractivity contribution < 1.29 is 44.1 Å². The van der Waals surface area contributed by atoms with E-state index in [0.29, 0.717) is 11.3 Å². The number of carboxylic acids is 2. The molecule has 1 aromatic carbocycles. The SMILES string of the molecule is NC(=O)CCC(NC(=O)C(N)CCC(=O)O)C(=O)NC(Cc1cnc[nH]1)C(=O)NC(Cc1ccc(O)cc1)C(=O)O. The second-order valence-electron chi connectivity index (χ2n) is 9.22. The van der Waals surface area contributed by atoms with Crippen molar-refractivity contribution >= 4 is 35.6 Å². The van der Waals surface area contributed by atoms with Gasteiger partial charge in [-0.3, -0.25) is 24.0 Å². The first kappa shape index (κ1) is 32.2. The Balaban J connectivity index is 2.21. The molecule has 2 rings (SSSR count). The van der Waals surface area contributed by atoms with E-state index >= 15 is 0 Å². The first-order valence-electron chi connectivity index (χ1n) is 12.5. The number of benzene rings is 1. The number of nitrogens with one attached hydrogen (secondary N) is 4. The molecule has 0 aliphatic carbocycles. The fourth-order valence-corrected chi connectivity index (χ4v) is 3.68. The van der Waals surface area contributed by atoms with Gasteiger partial charge in [0, 0.05) is 37.6 Å². The van der Waals surface area contributed by atoms with Crippen LogP contribution in [0.2, 0.25) is 0 Å². The second kappa shape index (κ2) is 15.6. The Hall–Kier alpha value is -4.99. The van der Waals surface area contributed by atoms with Gasteiger partial charge in [0.1, 0.15) is 23.9 Å². The van der Waals surface area contributed by atoms with Crippen LogP contribution in [0.15, 0.2) is 36.8 Å². The van der Waals surface area contributed by atoms with E-state index in [1.165, 1.54) is 36.8 Å². The van der Waals surface area contributed by atoms with Crippen molar-refractivity contribution in [3.63, 3.8) is 0 Å². The van der Waals surface area contributed by atoms with E-state index in [2.05, 4.69) is 25.9 Å². The largest absolute Gasteiger partial charge is 0.508 e. The Kier molecular flexibility index (Phi) is 12.2. The summed E-state index contributed by atoms with van der Waals surface area (Å²) >= 11 is 0. The van der Waals surface area contributed by atoms with E-state index in [4.69, 9.17) is 16.6 Å². The smallest absolute Gasteiger partial charge is 0.326 e. The fraction of sp³-hybridized carbons (Fsp3) is 0.400. The highest BCUT2D eigenvalue weighted by Crippen LogP contribution is 2.12. The molecule has 0 bridgehead atoms. The van der Waals surface area contributed by atoms with Gasteiger partial charge < -0.3 is 47.7 Å². The van der Waals surface area contributed by atoms with E-state index in [1.807, 2.05) is 0 Å². The number of phenolic OH excluding ortho intramolecular Hbond substituents is 1. The van der Waals surface area contributed by atoms with Crippen LogP contribution >= 0.6 is 0 Å². The molecule has 16 heteroatoms. The summed E-state index contributed by atoms with van der Waals surface area (Å²) in [6.07, 6.45) is 1.29. The molecular formula is C25H33N7O9. The first-order valence-corrected chi connectivity index (χ1v) is 12.5. The van der Waals surface area contributed by atoms with E-state index < -0.39 is 66.2 Å². The van der Waals surface area contributed by atoms with E-state index in [-0.39, 0.29) is 37.9 Å². The Morgan fingerprint density at radius 3 is 2.00 bits per heavy atom. The summed E-state index contributed by atoms with van der Waals surface area (Å²) in [5.41, 5.74) is 11.8. The summed E-state index contributed by atoms with van der Waals surface area (Å²) in [5, 5.41) is 35.2. The van der Waals surface area contributed by atoms with Gasteiger partial charge in [-0.15, -0.1) is 0 Å². The summed E-state index contributed by atoms with van der Waals surface area (Å²) in [5.74, 6) is -5.92. The van der Waals surface area contributed by atoms with Gasteiger partial charge in [-0.25, -0.2) is 9.78 Å². The number of aliphatic carboxylic acids is 2. The van der Waals surface area contributed by atoms with Crippen LogP contribution in [-0.2, 0) is 41.6 Å². The summed E-state index contributed by atoms with van der Waals surface area (Å²) in [6, 6.07) is 0.328. The number of carboxylic acid groups (broad SMARTS) is 2. The summed E-state index contributed by atoms with van der Waals surface area (Å²) in [6.45, 7) is 0. The van der Waals surface area contributed by atoms with Crippen LogP contribution in [0.3, 0.4) is 0 Å². The van der Waals surface area contributed by atoms with Crippen molar-refractivity contribution in [2.24, 2.45) is 11.5 Å². The maximum Gasteiger partial charge on any atom is 0.326 e. The zero-order valence-electron chi connectivity index (χ0n) is 21.9. The first-order chi connectivity index (χ1) is 19.3. The Labute approximate surface area is 233 Å². The second-order valence-corrected chi connectivity index (χ2v) is 9.22. The molecule has 0 spiro atoms. The zero-order chi connectivity index (χ0) is 30.5. The maximum absolute atomic E-state index is 13.2. The third kappa shape index (κ3) is 11.3. The Morgan fingerprint density at radius 1 is 0.829 bits per heavy atom. The molecule has 1 aromatic heterocycles. The van der Waals surface area contributed by atoms with Gasteiger partial charge >= 0.3 is 11.9 Å². The number of phenols is 1. The standard InChI is InChI=1S/C25H33N7O9/c26-16(5-8-21(35)36)22(37)30-17(6-7-20(27)34)23(38)31-18(10-14-11-28-12-29-14)24(39)32-19(25(40)41)9-13-1-3-15(33)4-2-13/h1-4,11-12,16-19,33H,5-10,26H2,(H2,27,34)(H,28,29)(H,30,37)(H,31,38)(H,32,39)(H,35,36)(H,40,41). The van der Waals surface area contributed by atoms with Crippen LogP contribution in [0.25, 0.3) is 0 Å². The van der Waals surface area contributed by atoms with Crippen LogP contribution in [0.4, 0.5) is 0 Å². The van der Waals surface area contributed by atoms with Gasteiger partial charge in [0.2, 0.25) is 23.6 Å². The molecule has 41 heavy (non-hydrogen) atoms. The number of nitrogens with two attached hydrogens (primary N) is 2. The zero-order valence-corrected chi connectivity index (χ0v) is 21.9. The molecule has 2 aromatic rings. The highest BCUT2D eigenvalue weighted by atomic mass is 16.4. The van der Waals surface area contributed by atoms with Crippen molar-refractivity contribution in [2.45, 2.75) is 62.7 Å². The normalized spacial score (nSPS) is 13.7. The molecular weight excluding hydrogens is 542 g/mol. The average Bonchev–Trinajstić information content (AvgIpc) is 3.42. The Bertz CT molecular complexity index is 1220. The molecule has 0 aliphatic heterocycles. The Morgan fingerprint density at radius 2 is 1.44 bits per heavy atom. The topological polar surface area (TPSA) is 280 Å². The minimum atomic E-state index is -1.40.